The second-order valence-electron chi connectivity index (χ2n) is 9.01. The molecule has 0 saturated carbocycles. The van der Waals surface area contributed by atoms with Crippen LogP contribution in [0.3, 0.4) is 0 Å². The van der Waals surface area contributed by atoms with Crippen LogP contribution in [0.15, 0.2) is 80.5 Å². The predicted molar refractivity (Wildman–Crippen MR) is 148 cm³/mol. The Morgan fingerprint density at radius 1 is 1.18 bits per heavy atom. The molecule has 6 rings (SSSR count). The summed E-state index contributed by atoms with van der Waals surface area (Å²) >= 11 is 4.73. The number of rotatable bonds is 4. The number of methoxy groups -OCH3 is 1. The Morgan fingerprint density at radius 3 is 2.68 bits per heavy atom. The zero-order chi connectivity index (χ0) is 26.6. The minimum absolute atomic E-state index is 0.0435. The highest BCUT2D eigenvalue weighted by molar-refractivity contribution is 9.10. The first-order chi connectivity index (χ1) is 18.4. The zero-order valence-corrected chi connectivity index (χ0v) is 22.5. The highest BCUT2D eigenvalue weighted by Gasteiger charge is 2.32. The Kier molecular flexibility index (Phi) is 6.00. The molecule has 2 aliphatic rings. The Hall–Kier alpha value is -4.02. The molecule has 1 atom stereocenters. The number of aryl methyl sites for hydroxylation is 1. The van der Waals surface area contributed by atoms with E-state index in [0.717, 1.165) is 39.7 Å². The van der Waals surface area contributed by atoms with E-state index in [4.69, 9.17) is 9.73 Å². The third-order valence-corrected chi connectivity index (χ3v) is 8.36. The molecule has 190 valence electrons. The summed E-state index contributed by atoms with van der Waals surface area (Å²) in [7, 11) is 1.32. The van der Waals surface area contributed by atoms with Crippen molar-refractivity contribution in [3.05, 3.63) is 123 Å². The molecule has 4 aromatic rings. The molecule has 1 aromatic heterocycles. The first-order valence-corrected chi connectivity index (χ1v) is 13.4. The fourth-order valence-electron chi connectivity index (χ4n) is 5.11. The molecule has 1 aliphatic heterocycles. The molecule has 0 amide bonds. The molecule has 10 heteroatoms. The van der Waals surface area contributed by atoms with Gasteiger partial charge in [0.2, 0.25) is 5.75 Å². The van der Waals surface area contributed by atoms with Crippen molar-refractivity contribution in [3.63, 3.8) is 0 Å². The summed E-state index contributed by atoms with van der Waals surface area (Å²) in [4.78, 5) is 30.2. The van der Waals surface area contributed by atoms with Crippen LogP contribution >= 0.6 is 27.3 Å². The SMILES string of the molecule is COc1cc(/C=c2\sc3n(c2=O)[C@H](c2ccc(Br)cc2)C2=C(N=3)c3ccccc3CC2)cc([N+](=O)[O-])c1O. The van der Waals surface area contributed by atoms with Gasteiger partial charge in [-0.25, -0.2) is 4.99 Å². The number of allylic oxidation sites excluding steroid dienone is 1. The van der Waals surface area contributed by atoms with Gasteiger partial charge in [-0.3, -0.25) is 19.5 Å². The molecule has 0 unspecified atom stereocenters. The number of fused-ring (bicyclic) bond motifs is 3. The summed E-state index contributed by atoms with van der Waals surface area (Å²) < 4.78 is 8.17. The maximum Gasteiger partial charge on any atom is 0.315 e. The van der Waals surface area contributed by atoms with Gasteiger partial charge in [0.15, 0.2) is 10.6 Å². The Bertz CT molecular complexity index is 1840. The van der Waals surface area contributed by atoms with Gasteiger partial charge in [-0.1, -0.05) is 63.7 Å². The van der Waals surface area contributed by atoms with Crippen LogP contribution in [0.1, 0.15) is 34.7 Å². The highest BCUT2D eigenvalue weighted by atomic mass is 79.9. The van der Waals surface area contributed by atoms with Gasteiger partial charge in [-0.2, -0.15) is 0 Å². The maximum atomic E-state index is 13.9. The normalized spacial score (nSPS) is 16.4. The van der Waals surface area contributed by atoms with Crippen LogP contribution in [-0.4, -0.2) is 21.7 Å². The van der Waals surface area contributed by atoms with Gasteiger partial charge in [-0.05, 0) is 59.4 Å². The van der Waals surface area contributed by atoms with E-state index in [1.54, 1.807) is 10.6 Å². The van der Waals surface area contributed by atoms with Gasteiger partial charge in [0.25, 0.3) is 5.56 Å². The summed E-state index contributed by atoms with van der Waals surface area (Å²) in [5.74, 6) is -0.601. The van der Waals surface area contributed by atoms with Crippen molar-refractivity contribution in [2.24, 2.45) is 4.99 Å². The van der Waals surface area contributed by atoms with Gasteiger partial charge in [0.05, 0.1) is 28.3 Å². The molecule has 0 fully saturated rings. The van der Waals surface area contributed by atoms with E-state index in [0.29, 0.717) is 14.9 Å². The lowest BCUT2D eigenvalue weighted by molar-refractivity contribution is -0.386. The Morgan fingerprint density at radius 2 is 1.95 bits per heavy atom. The molecule has 0 radical (unpaired) electrons. The summed E-state index contributed by atoms with van der Waals surface area (Å²) in [6.07, 6.45) is 3.22. The molecule has 1 N–H and O–H groups in total. The van der Waals surface area contributed by atoms with Crippen LogP contribution in [0.5, 0.6) is 11.5 Å². The molecular weight excluding hydrogens is 570 g/mol. The minimum Gasteiger partial charge on any atom is -0.500 e. The number of thiazole rings is 1. The number of phenols is 1. The zero-order valence-electron chi connectivity index (χ0n) is 20.1. The van der Waals surface area contributed by atoms with Gasteiger partial charge in [0, 0.05) is 16.1 Å². The second kappa shape index (κ2) is 9.38. The number of halogens is 1. The number of phenolic OH excluding ortho intramolecular Hbond substituents is 1. The van der Waals surface area contributed by atoms with E-state index in [-0.39, 0.29) is 17.4 Å². The number of nitrogens with zero attached hydrogens (tertiary/aromatic N) is 3. The molecule has 3 aromatic carbocycles. The van der Waals surface area contributed by atoms with E-state index in [9.17, 15) is 20.0 Å². The molecule has 8 nitrogen and oxygen atoms in total. The van der Waals surface area contributed by atoms with Crippen molar-refractivity contribution in [1.29, 1.82) is 0 Å². The minimum atomic E-state index is -0.685. The molecule has 0 spiro atoms. The van der Waals surface area contributed by atoms with Gasteiger partial charge >= 0.3 is 5.69 Å². The van der Waals surface area contributed by atoms with E-state index in [2.05, 4.69) is 28.1 Å². The van der Waals surface area contributed by atoms with Crippen molar-refractivity contribution in [2.75, 3.05) is 7.11 Å². The second-order valence-corrected chi connectivity index (χ2v) is 10.9. The van der Waals surface area contributed by atoms with Crippen molar-refractivity contribution in [1.82, 2.24) is 4.57 Å². The van der Waals surface area contributed by atoms with E-state index >= 15 is 0 Å². The van der Waals surface area contributed by atoms with Gasteiger partial charge < -0.3 is 9.84 Å². The van der Waals surface area contributed by atoms with Crippen molar-refractivity contribution >= 4 is 44.7 Å². The van der Waals surface area contributed by atoms with Crippen LogP contribution in [-0.2, 0) is 6.42 Å². The predicted octanol–water partition coefficient (Wildman–Crippen LogP) is 4.70. The summed E-state index contributed by atoms with van der Waals surface area (Å²) in [6, 6.07) is 18.5. The third kappa shape index (κ3) is 3.97. The van der Waals surface area contributed by atoms with Crippen LogP contribution < -0.4 is 19.6 Å². The van der Waals surface area contributed by atoms with Crippen LogP contribution in [0, 0.1) is 10.1 Å². The molecule has 0 saturated heterocycles. The number of nitro groups is 1. The lowest BCUT2D eigenvalue weighted by Gasteiger charge is -2.30. The lowest BCUT2D eigenvalue weighted by Crippen LogP contribution is -2.38. The molecule has 1 aliphatic carbocycles. The maximum absolute atomic E-state index is 13.9. The Balaban J connectivity index is 1.60. The average molecular weight is 590 g/mol. The van der Waals surface area contributed by atoms with Gasteiger partial charge in [0.1, 0.15) is 0 Å². The summed E-state index contributed by atoms with van der Waals surface area (Å²) in [5, 5.41) is 21.6. The smallest absolute Gasteiger partial charge is 0.315 e. The highest BCUT2D eigenvalue weighted by Crippen LogP contribution is 2.41. The fourth-order valence-corrected chi connectivity index (χ4v) is 6.38. The number of ether oxygens (including phenoxy) is 1. The van der Waals surface area contributed by atoms with E-state index in [1.165, 1.54) is 36.1 Å². The number of aromatic hydroxyl groups is 1. The quantitative estimate of drug-likeness (QED) is 0.274. The summed E-state index contributed by atoms with van der Waals surface area (Å²) in [6.45, 7) is 0. The number of benzene rings is 3. The lowest BCUT2D eigenvalue weighted by atomic mass is 9.83. The van der Waals surface area contributed by atoms with Crippen LogP contribution in [0.2, 0.25) is 0 Å². The number of nitro benzene ring substituents is 1. The number of hydrogen-bond acceptors (Lipinski definition) is 7. The third-order valence-electron chi connectivity index (χ3n) is 6.85. The molecule has 2 heterocycles. The fraction of sp³-hybridized carbons (Fsp3) is 0.143. The molecule has 0 bridgehead atoms. The topological polar surface area (TPSA) is 107 Å². The first kappa shape index (κ1) is 24.3. The van der Waals surface area contributed by atoms with Gasteiger partial charge in [-0.15, -0.1) is 0 Å². The van der Waals surface area contributed by atoms with Crippen LogP contribution in [0.25, 0.3) is 11.8 Å². The monoisotopic (exact) mass is 589 g/mol. The van der Waals surface area contributed by atoms with Crippen molar-refractivity contribution in [3.8, 4) is 11.5 Å². The first-order valence-electron chi connectivity index (χ1n) is 11.8. The summed E-state index contributed by atoms with van der Waals surface area (Å²) in [5.41, 5.74) is 4.90. The number of hydrogen-bond donors (Lipinski definition) is 1. The van der Waals surface area contributed by atoms with E-state index in [1.807, 2.05) is 36.4 Å². The van der Waals surface area contributed by atoms with Crippen molar-refractivity contribution < 1.29 is 14.8 Å². The molecular formula is C28H20BrN3O5S. The Labute approximate surface area is 228 Å². The van der Waals surface area contributed by atoms with Crippen LogP contribution in [0.4, 0.5) is 5.69 Å². The van der Waals surface area contributed by atoms with Crippen molar-refractivity contribution in [2.45, 2.75) is 18.9 Å². The molecule has 38 heavy (non-hydrogen) atoms. The average Bonchev–Trinajstić information content (AvgIpc) is 3.23. The number of aromatic nitrogens is 1. The largest absolute Gasteiger partial charge is 0.500 e. The standard InChI is InChI=1S/C28H20BrN3O5S/c1-37-22-13-15(12-21(26(22)33)32(35)36)14-23-27(34)31-25(17-6-9-18(29)10-7-17)20-11-8-16-4-2-3-5-19(16)24(20)30-28(31)38-23/h2-7,9-10,12-14,25,33H,8,11H2,1H3/b23-14-/t25-/m1/s1. The van der Waals surface area contributed by atoms with E-state index < -0.39 is 16.4 Å².